The van der Waals surface area contributed by atoms with E-state index in [1.807, 2.05) is 13.8 Å². The molecule has 4 nitrogen and oxygen atoms in total. The minimum absolute atomic E-state index is 0.0287. The highest BCUT2D eigenvalue weighted by atomic mass is 35.5. The third-order valence-electron chi connectivity index (χ3n) is 2.26. The molecule has 0 N–H and O–H groups in total. The van der Waals surface area contributed by atoms with Crippen molar-refractivity contribution in [2.75, 3.05) is 6.26 Å². The zero-order valence-electron chi connectivity index (χ0n) is 10.7. The first-order valence-electron chi connectivity index (χ1n) is 5.61. The van der Waals surface area contributed by atoms with Crippen LogP contribution in [-0.2, 0) is 9.84 Å². The summed E-state index contributed by atoms with van der Waals surface area (Å²) in [5.41, 5.74) is 1.13. The molecule has 0 radical (unpaired) electrons. The van der Waals surface area contributed by atoms with E-state index in [1.54, 1.807) is 18.2 Å². The van der Waals surface area contributed by atoms with Gasteiger partial charge in [0, 0.05) is 16.5 Å². The van der Waals surface area contributed by atoms with Crippen molar-refractivity contribution < 1.29 is 8.42 Å². The first-order valence-corrected chi connectivity index (χ1v) is 8.76. The molecular formula is C12H13ClN2O2S2. The van der Waals surface area contributed by atoms with Crippen molar-refractivity contribution in [3.05, 3.63) is 23.2 Å². The van der Waals surface area contributed by atoms with Crippen LogP contribution in [0.15, 0.2) is 28.3 Å². The molecule has 1 heterocycles. The van der Waals surface area contributed by atoms with Crippen molar-refractivity contribution in [3.63, 3.8) is 0 Å². The molecule has 0 aliphatic rings. The summed E-state index contributed by atoms with van der Waals surface area (Å²) in [6, 6.07) is 5.02. The van der Waals surface area contributed by atoms with Crippen molar-refractivity contribution in [3.8, 4) is 0 Å². The third-order valence-corrected chi connectivity index (χ3v) is 4.59. The van der Waals surface area contributed by atoms with Gasteiger partial charge in [-0.05, 0) is 18.2 Å². The van der Waals surface area contributed by atoms with E-state index < -0.39 is 9.84 Å². The van der Waals surface area contributed by atoms with Gasteiger partial charge in [0.05, 0.1) is 11.0 Å². The van der Waals surface area contributed by atoms with E-state index >= 15 is 0 Å². The standard InChI is InChI=1S/C12H13ClN2O2S2/c1-7(2)18-11-12(19(3,16)17)15-9-5-4-8(13)6-10(9)14-11/h4-7H,1-3H3. The topological polar surface area (TPSA) is 59.9 Å². The Hall–Kier alpha value is -0.850. The Morgan fingerprint density at radius 3 is 2.47 bits per heavy atom. The maximum absolute atomic E-state index is 11.8. The van der Waals surface area contributed by atoms with Gasteiger partial charge in [0.15, 0.2) is 14.9 Å². The summed E-state index contributed by atoms with van der Waals surface area (Å²) >= 11 is 7.29. The van der Waals surface area contributed by atoms with Gasteiger partial charge in [-0.15, -0.1) is 11.8 Å². The second-order valence-corrected chi connectivity index (χ2v) is 8.34. The van der Waals surface area contributed by atoms with Gasteiger partial charge in [0.1, 0.15) is 5.03 Å². The van der Waals surface area contributed by atoms with Crippen LogP contribution >= 0.6 is 23.4 Å². The zero-order chi connectivity index (χ0) is 14.2. The third kappa shape index (κ3) is 3.38. The second kappa shape index (κ2) is 5.26. The monoisotopic (exact) mass is 316 g/mol. The molecule has 2 aromatic rings. The van der Waals surface area contributed by atoms with Crippen molar-refractivity contribution >= 4 is 44.2 Å². The Balaban J connectivity index is 2.74. The van der Waals surface area contributed by atoms with Crippen molar-refractivity contribution in [2.24, 2.45) is 0 Å². The number of thioether (sulfide) groups is 1. The summed E-state index contributed by atoms with van der Waals surface area (Å²) in [4.78, 5) is 8.59. The first kappa shape index (κ1) is 14.6. The molecular weight excluding hydrogens is 304 g/mol. The predicted octanol–water partition coefficient (Wildman–Crippen LogP) is 3.19. The Morgan fingerprint density at radius 1 is 1.21 bits per heavy atom. The van der Waals surface area contributed by atoms with Gasteiger partial charge in [-0.25, -0.2) is 18.4 Å². The van der Waals surface area contributed by atoms with E-state index in [0.29, 0.717) is 21.1 Å². The predicted molar refractivity (Wildman–Crippen MR) is 78.7 cm³/mol. The molecule has 0 atom stereocenters. The molecule has 0 unspecified atom stereocenters. The maximum atomic E-state index is 11.8. The molecule has 0 aliphatic heterocycles. The van der Waals surface area contributed by atoms with E-state index in [2.05, 4.69) is 9.97 Å². The summed E-state index contributed by atoms with van der Waals surface area (Å²) in [5, 5.41) is 1.22. The average molecular weight is 317 g/mol. The summed E-state index contributed by atoms with van der Waals surface area (Å²) < 4.78 is 23.6. The number of halogens is 1. The number of benzene rings is 1. The summed E-state index contributed by atoms with van der Waals surface area (Å²) in [7, 11) is -3.41. The summed E-state index contributed by atoms with van der Waals surface area (Å²) in [6.45, 7) is 3.95. The van der Waals surface area contributed by atoms with Crippen LogP contribution in [0.25, 0.3) is 11.0 Å². The molecule has 7 heteroatoms. The minimum Gasteiger partial charge on any atom is -0.237 e. The van der Waals surface area contributed by atoms with E-state index in [4.69, 9.17) is 11.6 Å². The molecule has 102 valence electrons. The lowest BCUT2D eigenvalue weighted by Gasteiger charge is -2.09. The van der Waals surface area contributed by atoms with Crippen LogP contribution in [-0.4, -0.2) is 29.9 Å². The number of rotatable bonds is 3. The maximum Gasteiger partial charge on any atom is 0.195 e. The Kier molecular flexibility index (Phi) is 4.03. The molecule has 0 bridgehead atoms. The van der Waals surface area contributed by atoms with Gasteiger partial charge in [0.2, 0.25) is 0 Å². The fourth-order valence-corrected chi connectivity index (χ4v) is 3.67. The van der Waals surface area contributed by atoms with Crippen molar-refractivity contribution in [1.82, 2.24) is 9.97 Å². The largest absolute Gasteiger partial charge is 0.237 e. The number of aromatic nitrogens is 2. The molecule has 2 rings (SSSR count). The minimum atomic E-state index is -3.41. The van der Waals surface area contributed by atoms with Crippen molar-refractivity contribution in [2.45, 2.75) is 29.1 Å². The summed E-state index contributed by atoms with van der Waals surface area (Å²) in [6.07, 6.45) is 1.14. The highest BCUT2D eigenvalue weighted by Gasteiger charge is 2.19. The molecule has 19 heavy (non-hydrogen) atoms. The highest BCUT2D eigenvalue weighted by molar-refractivity contribution is 8.00. The van der Waals surface area contributed by atoms with Gasteiger partial charge in [0.25, 0.3) is 0 Å². The molecule has 1 aromatic heterocycles. The van der Waals surface area contributed by atoms with Crippen LogP contribution in [0.1, 0.15) is 13.8 Å². The Labute approximate surface area is 121 Å². The van der Waals surface area contributed by atoms with Crippen LogP contribution in [0.3, 0.4) is 0 Å². The molecule has 0 spiro atoms. The average Bonchev–Trinajstić information content (AvgIpc) is 2.25. The first-order chi connectivity index (χ1) is 8.77. The van der Waals surface area contributed by atoms with Gasteiger partial charge < -0.3 is 0 Å². The lowest BCUT2D eigenvalue weighted by Crippen LogP contribution is -2.06. The second-order valence-electron chi connectivity index (χ2n) is 4.41. The number of hydrogen-bond donors (Lipinski definition) is 0. The van der Waals surface area contributed by atoms with Crippen LogP contribution in [0.5, 0.6) is 0 Å². The van der Waals surface area contributed by atoms with E-state index in [9.17, 15) is 8.42 Å². The van der Waals surface area contributed by atoms with Crippen LogP contribution < -0.4 is 0 Å². The smallest absolute Gasteiger partial charge is 0.195 e. The number of hydrogen-bond acceptors (Lipinski definition) is 5. The Bertz CT molecular complexity index is 730. The quantitative estimate of drug-likeness (QED) is 0.814. The molecule has 0 saturated carbocycles. The van der Waals surface area contributed by atoms with Crippen LogP contribution in [0.2, 0.25) is 5.02 Å². The normalized spacial score (nSPS) is 12.3. The van der Waals surface area contributed by atoms with Crippen LogP contribution in [0.4, 0.5) is 0 Å². The molecule has 0 saturated heterocycles. The lowest BCUT2D eigenvalue weighted by molar-refractivity contribution is 0.594. The van der Waals surface area contributed by atoms with E-state index in [-0.39, 0.29) is 10.3 Å². The fraction of sp³-hybridized carbons (Fsp3) is 0.333. The van der Waals surface area contributed by atoms with E-state index in [0.717, 1.165) is 6.26 Å². The van der Waals surface area contributed by atoms with Gasteiger partial charge in [-0.2, -0.15) is 0 Å². The van der Waals surface area contributed by atoms with Gasteiger partial charge in [-0.1, -0.05) is 25.4 Å². The Morgan fingerprint density at radius 2 is 1.89 bits per heavy atom. The van der Waals surface area contributed by atoms with E-state index in [1.165, 1.54) is 11.8 Å². The molecule has 1 aromatic carbocycles. The summed E-state index contributed by atoms with van der Waals surface area (Å²) in [5.74, 6) is 0. The molecule has 0 amide bonds. The fourth-order valence-electron chi connectivity index (χ4n) is 1.54. The van der Waals surface area contributed by atoms with Gasteiger partial charge in [-0.3, -0.25) is 0 Å². The highest BCUT2D eigenvalue weighted by Crippen LogP contribution is 2.29. The number of sulfone groups is 1. The molecule has 0 aliphatic carbocycles. The SMILES string of the molecule is CC(C)Sc1nc2cc(Cl)ccc2nc1S(C)(=O)=O. The number of nitrogens with zero attached hydrogens (tertiary/aromatic N) is 2. The molecule has 0 fully saturated rings. The number of fused-ring (bicyclic) bond motifs is 1. The lowest BCUT2D eigenvalue weighted by atomic mass is 10.3. The zero-order valence-corrected chi connectivity index (χ0v) is 13.1. The van der Waals surface area contributed by atoms with Gasteiger partial charge >= 0.3 is 0 Å². The van der Waals surface area contributed by atoms with Crippen LogP contribution in [0, 0.1) is 0 Å². The van der Waals surface area contributed by atoms with Crippen molar-refractivity contribution in [1.29, 1.82) is 0 Å².